The summed E-state index contributed by atoms with van der Waals surface area (Å²) in [6.45, 7) is 2.35. The van der Waals surface area contributed by atoms with Gasteiger partial charge in [0.1, 0.15) is 12.4 Å². The number of hydrogen-bond donors (Lipinski definition) is 4. The fraction of sp³-hybridized carbons (Fsp3) is 0.370. The van der Waals surface area contributed by atoms with E-state index in [-0.39, 0.29) is 12.3 Å². The highest BCUT2D eigenvalue weighted by molar-refractivity contribution is 5.95. The molecule has 0 saturated heterocycles. The smallest absolute Gasteiger partial charge is 0.251 e. The number of benzene rings is 2. The maximum atomic E-state index is 13.0. The van der Waals surface area contributed by atoms with Crippen LogP contribution in [0.4, 0.5) is 0 Å². The van der Waals surface area contributed by atoms with Crippen LogP contribution in [0.2, 0.25) is 0 Å². The molecule has 1 fully saturated rings. The Morgan fingerprint density at radius 2 is 1.83 bits per heavy atom. The van der Waals surface area contributed by atoms with Gasteiger partial charge in [0.25, 0.3) is 5.91 Å². The second kappa shape index (κ2) is 10.8. The van der Waals surface area contributed by atoms with Crippen LogP contribution in [0.25, 0.3) is 10.9 Å². The summed E-state index contributed by atoms with van der Waals surface area (Å²) in [4.78, 5) is 29.6. The Hall–Kier alpha value is -3.49. The highest BCUT2D eigenvalue weighted by Gasteiger charge is 2.38. The molecular formula is C27H32N4O4. The zero-order valence-electron chi connectivity index (χ0n) is 20.1. The molecule has 0 spiro atoms. The number of aromatic nitrogens is 1. The van der Waals surface area contributed by atoms with Crippen LogP contribution in [-0.4, -0.2) is 40.6 Å². The topological polar surface area (TPSA) is 113 Å². The standard InChI is InChI=1S/C27H32N4O4/c1-18-15-20(23-5-3-4-6-24(23)29-18)17-35-22-9-7-19(8-10-22)26(33)30-27(16-25(32)31-34)13-11-21(28-2)12-14-27/h3-10,15,21,28,34H,11-14,16-17H2,1-2H3,(H,30,33)(H,31,32)/t21-,27+. The number of hydrogen-bond acceptors (Lipinski definition) is 6. The molecule has 2 amide bonds. The number of carbonyl (C=O) groups excluding carboxylic acids is 2. The van der Waals surface area contributed by atoms with E-state index in [9.17, 15) is 9.59 Å². The normalized spacial score (nSPS) is 19.8. The molecule has 8 heteroatoms. The van der Waals surface area contributed by atoms with Crippen LogP contribution in [0.1, 0.15) is 53.7 Å². The fourth-order valence-corrected chi connectivity index (χ4v) is 4.84. The number of amides is 2. The molecule has 8 nitrogen and oxygen atoms in total. The van der Waals surface area contributed by atoms with Gasteiger partial charge >= 0.3 is 0 Å². The molecule has 35 heavy (non-hydrogen) atoms. The number of carbonyl (C=O) groups is 2. The van der Waals surface area contributed by atoms with E-state index in [4.69, 9.17) is 9.94 Å². The van der Waals surface area contributed by atoms with Crippen LogP contribution >= 0.6 is 0 Å². The molecule has 2 aromatic carbocycles. The zero-order chi connectivity index (χ0) is 24.8. The SMILES string of the molecule is CN[C@H]1CC[C@@](CC(=O)NO)(NC(=O)c2ccc(OCc3cc(C)nc4ccccc34)cc2)CC1. The summed E-state index contributed by atoms with van der Waals surface area (Å²) in [5.41, 5.74) is 4.42. The number of pyridine rings is 1. The monoisotopic (exact) mass is 476 g/mol. The number of aryl methyl sites for hydroxylation is 1. The third-order valence-electron chi connectivity index (χ3n) is 6.79. The van der Waals surface area contributed by atoms with Crippen molar-refractivity contribution < 1.29 is 19.5 Å². The molecule has 0 bridgehead atoms. The number of ether oxygens (including phenoxy) is 1. The van der Waals surface area contributed by atoms with Crippen molar-refractivity contribution in [2.45, 2.75) is 57.2 Å². The van der Waals surface area contributed by atoms with E-state index in [1.54, 1.807) is 29.7 Å². The predicted molar refractivity (Wildman–Crippen MR) is 133 cm³/mol. The van der Waals surface area contributed by atoms with E-state index in [1.807, 2.05) is 44.3 Å². The minimum Gasteiger partial charge on any atom is -0.489 e. The molecule has 3 aromatic rings. The Balaban J connectivity index is 1.42. The van der Waals surface area contributed by atoms with Gasteiger partial charge in [0, 0.05) is 33.8 Å². The van der Waals surface area contributed by atoms with E-state index in [0.29, 0.717) is 36.8 Å². The van der Waals surface area contributed by atoms with E-state index in [1.165, 1.54) is 0 Å². The van der Waals surface area contributed by atoms with Crippen LogP contribution < -0.4 is 20.9 Å². The van der Waals surface area contributed by atoms with Gasteiger partial charge in [-0.2, -0.15) is 0 Å². The molecule has 1 aliphatic carbocycles. The van der Waals surface area contributed by atoms with Crippen LogP contribution in [0.5, 0.6) is 5.75 Å². The van der Waals surface area contributed by atoms with E-state index < -0.39 is 11.4 Å². The van der Waals surface area contributed by atoms with E-state index >= 15 is 0 Å². The average molecular weight is 477 g/mol. The number of hydroxylamine groups is 1. The molecule has 0 atom stereocenters. The Bertz CT molecular complexity index is 1190. The maximum Gasteiger partial charge on any atom is 0.251 e. The second-order valence-corrected chi connectivity index (χ2v) is 9.26. The molecule has 1 aliphatic rings. The molecule has 4 N–H and O–H groups in total. The van der Waals surface area contributed by atoms with Crippen molar-refractivity contribution in [2.75, 3.05) is 7.05 Å². The first-order chi connectivity index (χ1) is 16.9. The number of nitrogens with one attached hydrogen (secondary N) is 3. The van der Waals surface area contributed by atoms with Crippen molar-refractivity contribution in [1.82, 2.24) is 21.1 Å². The van der Waals surface area contributed by atoms with Crippen molar-refractivity contribution in [2.24, 2.45) is 0 Å². The second-order valence-electron chi connectivity index (χ2n) is 9.26. The van der Waals surface area contributed by atoms with Crippen LogP contribution in [0.15, 0.2) is 54.6 Å². The Morgan fingerprint density at radius 3 is 2.51 bits per heavy atom. The van der Waals surface area contributed by atoms with Gasteiger partial charge in [-0.05, 0) is 76.1 Å². The number of rotatable bonds is 8. The largest absolute Gasteiger partial charge is 0.489 e. The molecule has 1 saturated carbocycles. The highest BCUT2D eigenvalue weighted by atomic mass is 16.5. The summed E-state index contributed by atoms with van der Waals surface area (Å²) in [6.07, 6.45) is 3.01. The van der Waals surface area contributed by atoms with Gasteiger partial charge in [-0.1, -0.05) is 18.2 Å². The molecule has 4 rings (SSSR count). The Morgan fingerprint density at radius 1 is 1.11 bits per heavy atom. The number of para-hydroxylation sites is 1. The van der Waals surface area contributed by atoms with Crippen molar-refractivity contribution >= 4 is 22.7 Å². The zero-order valence-corrected chi connectivity index (χ0v) is 20.1. The predicted octanol–water partition coefficient (Wildman–Crippen LogP) is 3.65. The minimum absolute atomic E-state index is 0.0339. The highest BCUT2D eigenvalue weighted by Crippen LogP contribution is 2.32. The fourth-order valence-electron chi connectivity index (χ4n) is 4.84. The van der Waals surface area contributed by atoms with Gasteiger partial charge in [0.15, 0.2) is 0 Å². The minimum atomic E-state index is -0.688. The van der Waals surface area contributed by atoms with Crippen molar-refractivity contribution in [3.8, 4) is 5.75 Å². The first-order valence-corrected chi connectivity index (χ1v) is 11.9. The van der Waals surface area contributed by atoms with Gasteiger partial charge < -0.3 is 15.4 Å². The summed E-state index contributed by atoms with van der Waals surface area (Å²) in [5.74, 6) is -0.0965. The Labute approximate surface area is 205 Å². The molecule has 0 unspecified atom stereocenters. The lowest BCUT2D eigenvalue weighted by Crippen LogP contribution is -2.54. The van der Waals surface area contributed by atoms with Gasteiger partial charge in [-0.3, -0.25) is 19.8 Å². The van der Waals surface area contributed by atoms with Crippen LogP contribution in [-0.2, 0) is 11.4 Å². The first-order valence-electron chi connectivity index (χ1n) is 11.9. The third kappa shape index (κ3) is 5.96. The molecule has 0 aliphatic heterocycles. The number of fused-ring (bicyclic) bond motifs is 1. The Kier molecular flexibility index (Phi) is 7.63. The van der Waals surface area contributed by atoms with Crippen molar-refractivity contribution in [3.05, 3.63) is 71.4 Å². The lowest BCUT2D eigenvalue weighted by atomic mass is 9.77. The van der Waals surface area contributed by atoms with Crippen LogP contribution in [0.3, 0.4) is 0 Å². The van der Waals surface area contributed by atoms with Gasteiger partial charge in [0.05, 0.1) is 11.9 Å². The lowest BCUT2D eigenvalue weighted by Gasteiger charge is -2.40. The number of nitrogens with zero attached hydrogens (tertiary/aromatic N) is 1. The van der Waals surface area contributed by atoms with E-state index in [0.717, 1.165) is 35.0 Å². The average Bonchev–Trinajstić information content (AvgIpc) is 2.87. The van der Waals surface area contributed by atoms with Gasteiger partial charge in [-0.15, -0.1) is 0 Å². The maximum absolute atomic E-state index is 13.0. The summed E-state index contributed by atoms with van der Waals surface area (Å²) in [5, 5.41) is 16.4. The van der Waals surface area contributed by atoms with E-state index in [2.05, 4.69) is 15.6 Å². The summed E-state index contributed by atoms with van der Waals surface area (Å²) < 4.78 is 6.00. The van der Waals surface area contributed by atoms with Gasteiger partial charge in [0.2, 0.25) is 5.91 Å². The summed E-state index contributed by atoms with van der Waals surface area (Å²) >= 11 is 0. The molecule has 1 aromatic heterocycles. The first kappa shape index (κ1) is 24.6. The lowest BCUT2D eigenvalue weighted by molar-refractivity contribution is -0.131. The van der Waals surface area contributed by atoms with Crippen molar-refractivity contribution in [3.63, 3.8) is 0 Å². The molecule has 1 heterocycles. The molecule has 184 valence electrons. The quantitative estimate of drug-likeness (QED) is 0.292. The van der Waals surface area contributed by atoms with Gasteiger partial charge in [-0.25, -0.2) is 5.48 Å². The summed E-state index contributed by atoms with van der Waals surface area (Å²) in [7, 11) is 1.92. The van der Waals surface area contributed by atoms with Crippen LogP contribution in [0, 0.1) is 6.92 Å². The van der Waals surface area contributed by atoms with Crippen molar-refractivity contribution in [1.29, 1.82) is 0 Å². The molecular weight excluding hydrogens is 444 g/mol. The third-order valence-corrected chi connectivity index (χ3v) is 6.79. The molecule has 0 radical (unpaired) electrons. The summed E-state index contributed by atoms with van der Waals surface area (Å²) in [6, 6.07) is 17.3.